The third-order valence-electron chi connectivity index (χ3n) is 5.15. The average Bonchev–Trinajstić information content (AvgIpc) is 2.74. The topological polar surface area (TPSA) is 21.3 Å². The molecule has 3 rings (SSSR count). The number of hydrogen-bond donors (Lipinski definition) is 1. The normalized spacial score (nSPS) is 30.7. The largest absolute Gasteiger partial charge is 0.375 e. The van der Waals surface area contributed by atoms with Gasteiger partial charge in [-0.25, -0.2) is 0 Å². The molecule has 21 heavy (non-hydrogen) atoms. The maximum Gasteiger partial charge on any atom is 0.0600 e. The van der Waals surface area contributed by atoms with E-state index < -0.39 is 0 Å². The molecule has 112 valence electrons. The number of hydrogen-bond acceptors (Lipinski definition) is 2. The summed E-state index contributed by atoms with van der Waals surface area (Å²) < 4.78 is 6.04. The summed E-state index contributed by atoms with van der Waals surface area (Å²) in [7, 11) is 2.06. The Hall–Kier alpha value is -1.38. The van der Waals surface area contributed by atoms with Crippen LogP contribution in [-0.4, -0.2) is 19.3 Å². The Morgan fingerprint density at radius 2 is 1.67 bits per heavy atom. The lowest BCUT2D eigenvalue weighted by Gasteiger charge is -2.29. The zero-order valence-corrected chi connectivity index (χ0v) is 13.3. The standard InChI is InChI=1S/C19H25NO/c1-12-13(2)21-14(3)18(12)19(20-4)17-10-9-15-7-5-6-8-16(15)11-17/h5-14,18-20H,1-4H3. The van der Waals surface area contributed by atoms with Gasteiger partial charge in [-0.15, -0.1) is 0 Å². The van der Waals surface area contributed by atoms with Crippen LogP contribution in [0.25, 0.3) is 10.8 Å². The van der Waals surface area contributed by atoms with E-state index in [4.69, 9.17) is 4.74 Å². The number of fused-ring (bicyclic) bond motifs is 1. The van der Waals surface area contributed by atoms with Crippen LogP contribution in [0, 0.1) is 11.8 Å². The molecule has 5 unspecified atom stereocenters. The molecule has 0 saturated carbocycles. The zero-order chi connectivity index (χ0) is 15.0. The summed E-state index contributed by atoms with van der Waals surface area (Å²) in [6, 6.07) is 15.7. The first-order chi connectivity index (χ1) is 10.1. The molecule has 2 aromatic rings. The van der Waals surface area contributed by atoms with Crippen LogP contribution in [0.5, 0.6) is 0 Å². The van der Waals surface area contributed by atoms with E-state index >= 15 is 0 Å². The van der Waals surface area contributed by atoms with E-state index in [-0.39, 0.29) is 0 Å². The molecule has 1 aliphatic rings. The highest BCUT2D eigenvalue weighted by Gasteiger charge is 2.41. The van der Waals surface area contributed by atoms with Crippen molar-refractivity contribution < 1.29 is 4.74 Å². The van der Waals surface area contributed by atoms with Crippen molar-refractivity contribution in [3.05, 3.63) is 48.0 Å². The fraction of sp³-hybridized carbons (Fsp3) is 0.474. The highest BCUT2D eigenvalue weighted by Crippen LogP contribution is 2.40. The second-order valence-electron chi connectivity index (χ2n) is 6.36. The first-order valence-corrected chi connectivity index (χ1v) is 7.93. The molecule has 0 amide bonds. The molecule has 0 radical (unpaired) electrons. The summed E-state index contributed by atoms with van der Waals surface area (Å²) in [5.41, 5.74) is 1.36. The molecule has 5 atom stereocenters. The van der Waals surface area contributed by atoms with Crippen LogP contribution < -0.4 is 5.32 Å². The summed E-state index contributed by atoms with van der Waals surface area (Å²) in [6.07, 6.45) is 0.625. The molecule has 1 saturated heterocycles. The van der Waals surface area contributed by atoms with Crippen molar-refractivity contribution in [3.63, 3.8) is 0 Å². The summed E-state index contributed by atoms with van der Waals surface area (Å²) in [4.78, 5) is 0. The van der Waals surface area contributed by atoms with Crippen molar-refractivity contribution in [1.29, 1.82) is 0 Å². The van der Waals surface area contributed by atoms with Crippen LogP contribution in [0.4, 0.5) is 0 Å². The maximum absolute atomic E-state index is 6.04. The molecule has 1 fully saturated rings. The first-order valence-electron chi connectivity index (χ1n) is 7.93. The minimum atomic E-state index is 0.291. The molecule has 1 heterocycles. The summed E-state index contributed by atoms with van der Waals surface area (Å²) in [5.74, 6) is 1.06. The van der Waals surface area contributed by atoms with Crippen LogP contribution in [0.2, 0.25) is 0 Å². The number of benzene rings is 2. The van der Waals surface area contributed by atoms with Gasteiger partial charge in [-0.05, 0) is 49.2 Å². The molecular formula is C19H25NO. The van der Waals surface area contributed by atoms with Gasteiger partial charge in [-0.3, -0.25) is 0 Å². The lowest BCUT2D eigenvalue weighted by atomic mass is 9.80. The lowest BCUT2D eigenvalue weighted by Crippen LogP contribution is -2.33. The Bertz CT molecular complexity index is 624. The Kier molecular flexibility index (Phi) is 4.01. The SMILES string of the molecule is CNC(c1ccc2ccccc2c1)C1C(C)OC(C)C1C. The lowest BCUT2D eigenvalue weighted by molar-refractivity contribution is 0.0478. The van der Waals surface area contributed by atoms with Crippen molar-refractivity contribution in [1.82, 2.24) is 5.32 Å². The molecule has 0 aromatic heterocycles. The van der Waals surface area contributed by atoms with E-state index in [1.807, 2.05) is 0 Å². The van der Waals surface area contributed by atoms with E-state index in [1.54, 1.807) is 0 Å². The van der Waals surface area contributed by atoms with Gasteiger partial charge in [0.1, 0.15) is 0 Å². The van der Waals surface area contributed by atoms with Crippen molar-refractivity contribution in [2.45, 2.75) is 39.0 Å². The average molecular weight is 283 g/mol. The second-order valence-corrected chi connectivity index (χ2v) is 6.36. The fourth-order valence-electron chi connectivity index (χ4n) is 3.85. The van der Waals surface area contributed by atoms with Gasteiger partial charge in [0.15, 0.2) is 0 Å². The number of rotatable bonds is 3. The third kappa shape index (κ3) is 2.58. The van der Waals surface area contributed by atoms with E-state index in [2.05, 4.69) is 75.6 Å². The number of ether oxygens (including phenoxy) is 1. The van der Waals surface area contributed by atoms with Gasteiger partial charge >= 0.3 is 0 Å². The molecule has 2 nitrogen and oxygen atoms in total. The predicted molar refractivity (Wildman–Crippen MR) is 88.4 cm³/mol. The Morgan fingerprint density at radius 1 is 0.952 bits per heavy atom. The van der Waals surface area contributed by atoms with Gasteiger partial charge in [0.2, 0.25) is 0 Å². The van der Waals surface area contributed by atoms with E-state index in [0.717, 1.165) is 0 Å². The highest BCUT2D eigenvalue weighted by atomic mass is 16.5. The van der Waals surface area contributed by atoms with Crippen LogP contribution >= 0.6 is 0 Å². The van der Waals surface area contributed by atoms with E-state index in [1.165, 1.54) is 16.3 Å². The summed E-state index contributed by atoms with van der Waals surface area (Å²) >= 11 is 0. The van der Waals surface area contributed by atoms with Crippen LogP contribution in [0.1, 0.15) is 32.4 Å². The number of nitrogens with one attached hydrogen (secondary N) is 1. The molecular weight excluding hydrogens is 258 g/mol. The first kappa shape index (κ1) is 14.6. The molecule has 0 spiro atoms. The van der Waals surface area contributed by atoms with Gasteiger partial charge in [-0.2, -0.15) is 0 Å². The molecule has 1 N–H and O–H groups in total. The molecule has 0 aliphatic carbocycles. The fourth-order valence-corrected chi connectivity index (χ4v) is 3.85. The van der Waals surface area contributed by atoms with Gasteiger partial charge in [-0.1, -0.05) is 43.3 Å². The van der Waals surface area contributed by atoms with Crippen molar-refractivity contribution >= 4 is 10.8 Å². The summed E-state index contributed by atoms with van der Waals surface area (Å²) in [6.45, 7) is 6.70. The second kappa shape index (κ2) is 5.78. The molecule has 0 bridgehead atoms. The van der Waals surface area contributed by atoms with Gasteiger partial charge < -0.3 is 10.1 Å². The van der Waals surface area contributed by atoms with Gasteiger partial charge in [0.05, 0.1) is 12.2 Å². The molecule has 2 heteroatoms. The van der Waals surface area contributed by atoms with Crippen molar-refractivity contribution in [2.24, 2.45) is 11.8 Å². The molecule has 2 aromatic carbocycles. The van der Waals surface area contributed by atoms with Crippen molar-refractivity contribution in [2.75, 3.05) is 7.05 Å². The maximum atomic E-state index is 6.04. The van der Waals surface area contributed by atoms with E-state index in [0.29, 0.717) is 30.1 Å². The zero-order valence-electron chi connectivity index (χ0n) is 13.3. The molecule has 1 aliphatic heterocycles. The minimum absolute atomic E-state index is 0.291. The quantitative estimate of drug-likeness (QED) is 0.913. The van der Waals surface area contributed by atoms with Gasteiger partial charge in [0.25, 0.3) is 0 Å². The van der Waals surface area contributed by atoms with Crippen LogP contribution in [0.3, 0.4) is 0 Å². The Morgan fingerprint density at radius 3 is 2.29 bits per heavy atom. The Labute approximate surface area is 127 Å². The summed E-state index contributed by atoms with van der Waals surface area (Å²) in [5, 5.41) is 6.13. The smallest absolute Gasteiger partial charge is 0.0600 e. The van der Waals surface area contributed by atoms with E-state index in [9.17, 15) is 0 Å². The van der Waals surface area contributed by atoms with Crippen LogP contribution in [-0.2, 0) is 4.74 Å². The minimum Gasteiger partial charge on any atom is -0.375 e. The third-order valence-corrected chi connectivity index (χ3v) is 5.15. The highest BCUT2D eigenvalue weighted by molar-refractivity contribution is 5.83. The van der Waals surface area contributed by atoms with Crippen molar-refractivity contribution in [3.8, 4) is 0 Å². The van der Waals surface area contributed by atoms with Gasteiger partial charge in [0, 0.05) is 12.0 Å². The monoisotopic (exact) mass is 283 g/mol. The van der Waals surface area contributed by atoms with Crippen LogP contribution in [0.15, 0.2) is 42.5 Å². The predicted octanol–water partition coefficient (Wildman–Crippen LogP) is 4.16. The Balaban J connectivity index is 1.98.